The lowest BCUT2D eigenvalue weighted by molar-refractivity contribution is -0.118. The molecule has 2 fully saturated rings. The predicted molar refractivity (Wildman–Crippen MR) is 233 cm³/mol. The third-order valence-corrected chi connectivity index (χ3v) is 12.5. The molecule has 3 aliphatic carbocycles. The second-order valence-electron chi connectivity index (χ2n) is 16.5. The predicted octanol–water partition coefficient (Wildman–Crippen LogP) is 5.80. The van der Waals surface area contributed by atoms with Crippen LogP contribution in [0.4, 0.5) is 0 Å². The maximum Gasteiger partial charge on any atom is 0.216 e. The molecule has 6 rings (SSSR count). The number of fused-ring (bicyclic) bond motifs is 5. The van der Waals surface area contributed by atoms with Gasteiger partial charge in [-0.1, -0.05) is 37.0 Å². The van der Waals surface area contributed by atoms with E-state index in [0.29, 0.717) is 116 Å². The van der Waals surface area contributed by atoms with Gasteiger partial charge in [0.25, 0.3) is 0 Å². The van der Waals surface area contributed by atoms with Crippen molar-refractivity contribution >= 4 is 5.91 Å². The molecule has 0 radical (unpaired) electrons. The van der Waals surface area contributed by atoms with Gasteiger partial charge in [0.15, 0.2) is 0 Å². The minimum absolute atomic E-state index is 0.0212. The Kier molecular flexibility index (Phi) is 18.1. The molecule has 0 saturated heterocycles. The van der Waals surface area contributed by atoms with Crippen molar-refractivity contribution in [1.82, 2.24) is 10.6 Å². The van der Waals surface area contributed by atoms with Crippen LogP contribution in [-0.4, -0.2) is 114 Å². The molecule has 332 valence electrons. The molecular weight excluding hydrogens is 777 g/mol. The first kappa shape index (κ1) is 46.3. The Hall–Kier alpha value is -4.19. The van der Waals surface area contributed by atoms with Gasteiger partial charge in [0, 0.05) is 37.5 Å². The number of hydrogen-bond acceptors (Lipinski definition) is 11. The molecule has 3 aromatic carbocycles. The highest BCUT2D eigenvalue weighted by Crippen LogP contribution is 2.64. The summed E-state index contributed by atoms with van der Waals surface area (Å²) in [4.78, 5) is 10.9. The summed E-state index contributed by atoms with van der Waals surface area (Å²) < 4.78 is 39.5. The largest absolute Gasteiger partial charge is 0.508 e. The monoisotopic (exact) mass is 842 g/mol. The van der Waals surface area contributed by atoms with Gasteiger partial charge in [0.05, 0.1) is 66.1 Å². The van der Waals surface area contributed by atoms with Gasteiger partial charge in [0.1, 0.15) is 36.1 Å². The number of hydrogen-bond donors (Lipinski definition) is 4. The highest BCUT2D eigenvalue weighted by atomic mass is 16.6. The van der Waals surface area contributed by atoms with Crippen LogP contribution < -0.4 is 20.1 Å². The highest BCUT2D eigenvalue weighted by molar-refractivity contribution is 5.72. The minimum atomic E-state index is -1.00. The normalized spacial score (nSPS) is 22.6. The van der Waals surface area contributed by atoms with Crippen molar-refractivity contribution in [1.29, 1.82) is 0 Å². The van der Waals surface area contributed by atoms with Gasteiger partial charge in [-0.15, -0.1) is 0 Å². The topological polar surface area (TPSA) is 146 Å². The number of benzene rings is 3. The summed E-state index contributed by atoms with van der Waals surface area (Å²) in [5.41, 5.74) is 3.48. The van der Waals surface area contributed by atoms with E-state index >= 15 is 0 Å². The highest BCUT2D eigenvalue weighted by Gasteiger charge is 2.61. The Morgan fingerprint density at radius 1 is 0.721 bits per heavy atom. The summed E-state index contributed by atoms with van der Waals surface area (Å²) in [6, 6.07) is 21.5. The van der Waals surface area contributed by atoms with Crippen LogP contribution in [0.25, 0.3) is 0 Å². The summed E-state index contributed by atoms with van der Waals surface area (Å²) in [6.45, 7) is 11.5. The number of nitrogens with one attached hydrogen (secondary N) is 2. The molecule has 5 atom stereocenters. The van der Waals surface area contributed by atoms with E-state index in [-0.39, 0.29) is 11.3 Å². The third kappa shape index (κ3) is 13.6. The van der Waals surface area contributed by atoms with E-state index in [4.69, 9.17) is 33.2 Å². The molecule has 0 bridgehead atoms. The van der Waals surface area contributed by atoms with E-state index in [1.54, 1.807) is 0 Å². The SMILES string of the molecule is CC(=O)NCCNCc1ccc(OCCOCCOCCOCCOCCOCCOc2ccc(C#C[C@]3(O)CC[C@H]4[C@@H]5CCc6cc(O)ccc6[C@H]5CC[C@@]43C)cc2)cc1. The van der Waals surface area contributed by atoms with Crippen molar-refractivity contribution in [3.05, 3.63) is 89.0 Å². The fraction of sp³-hybridized carbons (Fsp3) is 0.571. The van der Waals surface area contributed by atoms with Crippen LogP contribution >= 0.6 is 0 Å². The molecular formula is C49H66N2O10. The van der Waals surface area contributed by atoms with Gasteiger partial charge < -0.3 is 54.0 Å². The van der Waals surface area contributed by atoms with Crippen molar-refractivity contribution in [2.45, 2.75) is 70.4 Å². The summed E-state index contributed by atoms with van der Waals surface area (Å²) in [7, 11) is 0. The van der Waals surface area contributed by atoms with Gasteiger partial charge in [0.2, 0.25) is 5.91 Å². The van der Waals surface area contributed by atoms with E-state index < -0.39 is 5.60 Å². The van der Waals surface area contributed by atoms with Gasteiger partial charge in [-0.05, 0) is 121 Å². The smallest absolute Gasteiger partial charge is 0.216 e. The Morgan fingerprint density at radius 3 is 1.89 bits per heavy atom. The Morgan fingerprint density at radius 2 is 1.30 bits per heavy atom. The van der Waals surface area contributed by atoms with Crippen LogP contribution in [0.15, 0.2) is 66.7 Å². The fourth-order valence-corrected chi connectivity index (χ4v) is 9.28. The second kappa shape index (κ2) is 23.9. The van der Waals surface area contributed by atoms with Crippen LogP contribution in [0.3, 0.4) is 0 Å². The lowest BCUT2D eigenvalue weighted by Crippen LogP contribution is -2.50. The van der Waals surface area contributed by atoms with Gasteiger partial charge >= 0.3 is 0 Å². The number of phenols is 1. The second-order valence-corrected chi connectivity index (χ2v) is 16.5. The Balaban J connectivity index is 0.724. The van der Waals surface area contributed by atoms with Gasteiger partial charge in [-0.25, -0.2) is 0 Å². The van der Waals surface area contributed by atoms with Crippen LogP contribution in [0.1, 0.15) is 74.1 Å². The summed E-state index contributed by atoms with van der Waals surface area (Å²) in [6.07, 6.45) is 5.82. The zero-order valence-corrected chi connectivity index (χ0v) is 36.1. The quantitative estimate of drug-likeness (QED) is 0.0607. The standard InChI is InChI=1S/C49H66N2O10/c1-37(52)51-22-21-50-36-39-5-11-43(12-6-39)61-34-32-59-30-28-57-26-24-55-23-25-56-27-29-58-31-33-60-42-9-3-38(4-10-42)15-19-49(54)20-17-47-46-13-7-40-35-41(53)8-14-44(40)45(46)16-18-48(47,49)2/h3-6,8-12,14,35,45-47,50,53-54H,7,13,16-18,20-34,36H2,1-2H3,(H,51,52)/t45-,46-,47+,48+,49+/m1/s1. The van der Waals surface area contributed by atoms with Gasteiger partial charge in [-0.2, -0.15) is 0 Å². The number of amides is 1. The van der Waals surface area contributed by atoms with Crippen molar-refractivity contribution in [3.63, 3.8) is 0 Å². The maximum absolute atomic E-state index is 12.0. The molecule has 0 aromatic heterocycles. The molecule has 2 saturated carbocycles. The molecule has 0 heterocycles. The van der Waals surface area contributed by atoms with Crippen molar-refractivity contribution in [2.75, 3.05) is 92.4 Å². The molecule has 1 amide bonds. The number of phenolic OH excluding ortho intramolecular Hbond substituents is 1. The van der Waals surface area contributed by atoms with E-state index in [1.807, 2.05) is 60.7 Å². The zero-order valence-electron chi connectivity index (χ0n) is 36.1. The van der Waals surface area contributed by atoms with Crippen molar-refractivity contribution in [2.24, 2.45) is 17.3 Å². The molecule has 12 nitrogen and oxygen atoms in total. The molecule has 3 aromatic rings. The summed E-state index contributed by atoms with van der Waals surface area (Å²) >= 11 is 0. The lowest BCUT2D eigenvalue weighted by Gasteiger charge is -2.52. The first-order chi connectivity index (χ1) is 29.7. The number of carbonyl (C=O) groups is 1. The zero-order chi connectivity index (χ0) is 42.8. The number of aliphatic hydroxyl groups is 1. The van der Waals surface area contributed by atoms with E-state index in [1.165, 1.54) is 18.1 Å². The molecule has 0 spiro atoms. The molecule has 0 unspecified atom stereocenters. The lowest BCUT2D eigenvalue weighted by atomic mass is 9.53. The molecule has 4 N–H and O–H groups in total. The van der Waals surface area contributed by atoms with E-state index in [2.05, 4.69) is 35.5 Å². The number of aromatic hydroxyl groups is 1. The summed E-state index contributed by atoms with van der Waals surface area (Å²) in [5.74, 6) is 10.0. The fourth-order valence-electron chi connectivity index (χ4n) is 9.28. The van der Waals surface area contributed by atoms with Crippen molar-refractivity contribution in [3.8, 4) is 29.1 Å². The number of aryl methyl sites for hydroxylation is 1. The van der Waals surface area contributed by atoms with E-state index in [0.717, 1.165) is 67.8 Å². The first-order valence-corrected chi connectivity index (χ1v) is 22.1. The Bertz CT molecular complexity index is 1850. The number of ether oxygens (including phenoxy) is 7. The van der Waals surface area contributed by atoms with Gasteiger partial charge in [-0.3, -0.25) is 4.79 Å². The third-order valence-electron chi connectivity index (χ3n) is 12.5. The molecule has 12 heteroatoms. The van der Waals surface area contributed by atoms with Crippen LogP contribution in [-0.2, 0) is 41.4 Å². The minimum Gasteiger partial charge on any atom is -0.508 e. The van der Waals surface area contributed by atoms with Crippen LogP contribution in [0, 0.1) is 29.1 Å². The average molecular weight is 843 g/mol. The Labute approximate surface area is 361 Å². The molecule has 61 heavy (non-hydrogen) atoms. The molecule has 3 aliphatic rings. The number of rotatable bonds is 25. The van der Waals surface area contributed by atoms with Crippen LogP contribution in [0.2, 0.25) is 0 Å². The number of carbonyl (C=O) groups excluding carboxylic acids is 1. The van der Waals surface area contributed by atoms with Crippen LogP contribution in [0.5, 0.6) is 17.2 Å². The van der Waals surface area contributed by atoms with E-state index in [9.17, 15) is 15.0 Å². The molecule has 0 aliphatic heterocycles. The maximum atomic E-state index is 12.0. The summed E-state index contributed by atoms with van der Waals surface area (Å²) in [5, 5.41) is 28.0. The first-order valence-electron chi connectivity index (χ1n) is 22.1. The average Bonchev–Trinajstić information content (AvgIpc) is 3.53. The van der Waals surface area contributed by atoms with Crippen molar-refractivity contribution < 1.29 is 48.2 Å².